The number of hydrogen-bond acceptors (Lipinski definition) is 5. The van der Waals surface area contributed by atoms with Gasteiger partial charge in [-0.15, -0.1) is 10.2 Å². The molecule has 11 heteroatoms. The van der Waals surface area contributed by atoms with Gasteiger partial charge >= 0.3 is 12.4 Å². The topological polar surface area (TPSA) is 70.1 Å². The van der Waals surface area contributed by atoms with E-state index >= 15 is 0 Å². The van der Waals surface area contributed by atoms with Crippen molar-refractivity contribution in [2.45, 2.75) is 44.2 Å². The predicted molar refractivity (Wildman–Crippen MR) is 93.4 cm³/mol. The molecular formula is C18H18F6N4O. The van der Waals surface area contributed by atoms with Crippen LogP contribution >= 0.6 is 0 Å². The Labute approximate surface area is 162 Å². The molecule has 158 valence electrons. The van der Waals surface area contributed by atoms with E-state index < -0.39 is 29.7 Å². The van der Waals surface area contributed by atoms with Gasteiger partial charge in [0.1, 0.15) is 17.6 Å². The molecule has 1 aliphatic heterocycles. The van der Waals surface area contributed by atoms with E-state index in [0.29, 0.717) is 18.3 Å². The second kappa shape index (κ2) is 7.69. The number of phenolic OH excluding ortho intramolecular Hbond substituents is 1. The number of aryl methyl sites for hydroxylation is 1. The maximum atomic E-state index is 12.8. The lowest BCUT2D eigenvalue weighted by Gasteiger charge is -2.31. The summed E-state index contributed by atoms with van der Waals surface area (Å²) in [6.45, 7) is 1.52. The number of nitrogens with zero attached hydrogens (tertiary/aromatic N) is 2. The Kier molecular flexibility index (Phi) is 5.61. The minimum Gasteiger partial charge on any atom is -0.507 e. The van der Waals surface area contributed by atoms with Gasteiger partial charge in [-0.2, -0.15) is 26.3 Å². The van der Waals surface area contributed by atoms with Crippen LogP contribution in [0.15, 0.2) is 24.3 Å². The molecule has 0 saturated carbocycles. The average Bonchev–Trinajstić information content (AvgIpc) is 2.61. The van der Waals surface area contributed by atoms with Crippen molar-refractivity contribution in [1.29, 1.82) is 0 Å². The number of hydrogen-bond donors (Lipinski definition) is 3. The molecular weight excluding hydrogens is 402 g/mol. The molecule has 1 saturated heterocycles. The fraction of sp³-hybridized carbons (Fsp3) is 0.444. The summed E-state index contributed by atoms with van der Waals surface area (Å²) in [5, 5.41) is 23.3. The number of benzene rings is 1. The lowest BCUT2D eigenvalue weighted by molar-refractivity contribution is -0.160. The van der Waals surface area contributed by atoms with Crippen molar-refractivity contribution in [1.82, 2.24) is 15.5 Å². The highest BCUT2D eigenvalue weighted by Crippen LogP contribution is 2.38. The van der Waals surface area contributed by atoms with Gasteiger partial charge in [-0.25, -0.2) is 0 Å². The van der Waals surface area contributed by atoms with Crippen LogP contribution in [0, 0.1) is 6.92 Å². The zero-order valence-corrected chi connectivity index (χ0v) is 15.2. The van der Waals surface area contributed by atoms with Crippen LogP contribution in [0.3, 0.4) is 0 Å². The lowest BCUT2D eigenvalue weighted by atomic mass is 10.00. The van der Waals surface area contributed by atoms with Gasteiger partial charge in [-0.3, -0.25) is 0 Å². The maximum absolute atomic E-state index is 12.8. The maximum Gasteiger partial charge on any atom is 0.416 e. The fourth-order valence-electron chi connectivity index (χ4n) is 3.28. The largest absolute Gasteiger partial charge is 0.507 e. The third kappa shape index (κ3) is 4.89. The lowest BCUT2D eigenvalue weighted by Crippen LogP contribution is -2.51. The van der Waals surface area contributed by atoms with Crippen LogP contribution in [0.1, 0.15) is 24.0 Å². The summed E-state index contributed by atoms with van der Waals surface area (Å²) in [7, 11) is 0. The first-order valence-electron chi connectivity index (χ1n) is 8.76. The van der Waals surface area contributed by atoms with E-state index in [9.17, 15) is 31.4 Å². The van der Waals surface area contributed by atoms with E-state index in [0.717, 1.165) is 6.07 Å². The number of alkyl halides is 6. The SMILES string of the molecule is Cc1cc(C(F)(F)F)cc(O)c1-c1ccc(NC2CCC(C(F)(F)F)NC2)nn1. The molecule has 1 fully saturated rings. The minimum atomic E-state index is -4.58. The first-order valence-corrected chi connectivity index (χ1v) is 8.76. The molecule has 29 heavy (non-hydrogen) atoms. The number of aromatic nitrogens is 2. The van der Waals surface area contributed by atoms with Crippen molar-refractivity contribution in [2.75, 3.05) is 11.9 Å². The van der Waals surface area contributed by atoms with Crippen LogP contribution in [0.5, 0.6) is 5.75 Å². The van der Waals surface area contributed by atoms with Crippen molar-refractivity contribution in [2.24, 2.45) is 0 Å². The van der Waals surface area contributed by atoms with E-state index in [1.165, 1.54) is 19.1 Å². The molecule has 0 radical (unpaired) electrons. The number of nitrogens with one attached hydrogen (secondary N) is 2. The summed E-state index contributed by atoms with van der Waals surface area (Å²) < 4.78 is 76.5. The minimum absolute atomic E-state index is 0.0642. The standard InChI is InChI=1S/C18H18F6N4O/c1-9-6-10(17(19,20)21)7-13(29)16(9)12-3-5-15(28-27-12)26-11-2-4-14(25-8-11)18(22,23)24/h3,5-7,11,14,25,29H,2,4,8H2,1H3,(H,26,28). The number of anilines is 1. The first-order chi connectivity index (χ1) is 13.4. The monoisotopic (exact) mass is 420 g/mol. The molecule has 1 aliphatic rings. The van der Waals surface area contributed by atoms with Crippen molar-refractivity contribution >= 4 is 5.82 Å². The predicted octanol–water partition coefficient (Wildman–Crippen LogP) is 4.27. The van der Waals surface area contributed by atoms with Crippen LogP contribution in [0.4, 0.5) is 32.2 Å². The summed E-state index contributed by atoms with van der Waals surface area (Å²) in [5.74, 6) is -0.253. The zero-order chi connectivity index (χ0) is 21.4. The summed E-state index contributed by atoms with van der Waals surface area (Å²) >= 11 is 0. The van der Waals surface area contributed by atoms with Crippen LogP contribution in [-0.4, -0.2) is 40.1 Å². The van der Waals surface area contributed by atoms with Crippen LogP contribution in [0.2, 0.25) is 0 Å². The number of halogens is 6. The Morgan fingerprint density at radius 1 is 1.07 bits per heavy atom. The van der Waals surface area contributed by atoms with Gasteiger partial charge in [0, 0.05) is 18.2 Å². The van der Waals surface area contributed by atoms with Crippen molar-refractivity contribution in [3.05, 3.63) is 35.4 Å². The number of rotatable bonds is 3. The summed E-state index contributed by atoms with van der Waals surface area (Å²) in [4.78, 5) is 0. The van der Waals surface area contributed by atoms with E-state index in [1.807, 2.05) is 0 Å². The Hall–Kier alpha value is -2.56. The van der Waals surface area contributed by atoms with E-state index in [1.54, 1.807) is 0 Å². The van der Waals surface area contributed by atoms with Gasteiger partial charge in [0.05, 0.1) is 11.3 Å². The van der Waals surface area contributed by atoms with Gasteiger partial charge < -0.3 is 15.7 Å². The molecule has 0 amide bonds. The highest BCUT2D eigenvalue weighted by Gasteiger charge is 2.41. The summed E-state index contributed by atoms with van der Waals surface area (Å²) in [6.07, 6.45) is -8.64. The average molecular weight is 420 g/mol. The van der Waals surface area contributed by atoms with Crippen molar-refractivity contribution in [3.8, 4) is 17.0 Å². The molecule has 5 nitrogen and oxygen atoms in total. The molecule has 1 aromatic heterocycles. The smallest absolute Gasteiger partial charge is 0.416 e. The molecule has 2 unspecified atom stereocenters. The number of aromatic hydroxyl groups is 1. The molecule has 1 aromatic carbocycles. The van der Waals surface area contributed by atoms with Gasteiger partial charge in [0.2, 0.25) is 0 Å². The third-order valence-electron chi connectivity index (χ3n) is 4.72. The van der Waals surface area contributed by atoms with Crippen LogP contribution < -0.4 is 10.6 Å². The second-order valence-electron chi connectivity index (χ2n) is 6.91. The molecule has 3 N–H and O–H groups in total. The van der Waals surface area contributed by atoms with Crippen molar-refractivity contribution in [3.63, 3.8) is 0 Å². The highest BCUT2D eigenvalue weighted by molar-refractivity contribution is 5.71. The molecule has 3 rings (SSSR count). The van der Waals surface area contributed by atoms with Crippen molar-refractivity contribution < 1.29 is 31.4 Å². The van der Waals surface area contributed by atoms with Gasteiger partial charge in [0.15, 0.2) is 0 Å². The molecule has 2 aromatic rings. The van der Waals surface area contributed by atoms with Gasteiger partial charge in [-0.1, -0.05) is 0 Å². The summed E-state index contributed by atoms with van der Waals surface area (Å²) in [6, 6.07) is 2.72. The first kappa shape index (κ1) is 21.2. The van der Waals surface area contributed by atoms with Crippen LogP contribution in [-0.2, 0) is 6.18 Å². The normalized spacial score (nSPS) is 20.5. The second-order valence-corrected chi connectivity index (χ2v) is 6.91. The number of piperidine rings is 1. The summed E-state index contributed by atoms with van der Waals surface area (Å²) in [5.41, 5.74) is -0.478. The van der Waals surface area contributed by atoms with E-state index in [2.05, 4.69) is 20.8 Å². The third-order valence-corrected chi connectivity index (χ3v) is 4.72. The molecule has 0 aliphatic carbocycles. The zero-order valence-electron chi connectivity index (χ0n) is 15.2. The van der Waals surface area contributed by atoms with Crippen LogP contribution in [0.25, 0.3) is 11.3 Å². The Morgan fingerprint density at radius 2 is 1.79 bits per heavy atom. The molecule has 0 spiro atoms. The Morgan fingerprint density at radius 3 is 2.28 bits per heavy atom. The Balaban J connectivity index is 1.70. The van der Waals surface area contributed by atoms with E-state index in [-0.39, 0.29) is 35.8 Å². The highest BCUT2D eigenvalue weighted by atomic mass is 19.4. The van der Waals surface area contributed by atoms with Gasteiger partial charge in [0.25, 0.3) is 0 Å². The molecule has 2 atom stereocenters. The quantitative estimate of drug-likeness (QED) is 0.647. The number of phenols is 1. The van der Waals surface area contributed by atoms with Gasteiger partial charge in [-0.05, 0) is 49.6 Å². The molecule has 2 heterocycles. The Bertz CT molecular complexity index is 835. The van der Waals surface area contributed by atoms with E-state index in [4.69, 9.17) is 0 Å². The fourth-order valence-corrected chi connectivity index (χ4v) is 3.28. The molecule has 0 bridgehead atoms.